The summed E-state index contributed by atoms with van der Waals surface area (Å²) >= 11 is 0. The Kier molecular flexibility index (Phi) is 4.08. The van der Waals surface area contributed by atoms with Crippen LogP contribution in [0.15, 0.2) is 42.5 Å². The number of carbonyl (C=O) groups excluding carboxylic acids is 1. The van der Waals surface area contributed by atoms with Crippen molar-refractivity contribution < 1.29 is 4.79 Å². The summed E-state index contributed by atoms with van der Waals surface area (Å²) < 4.78 is 0. The van der Waals surface area contributed by atoms with E-state index in [4.69, 9.17) is 5.73 Å². The standard InChI is InChI=1S/C17H20N2O/c1-4-19(16-8-6-5-7-12(16)2)17(20)15-10-9-14(18)11-13(15)3/h5-11H,4,18H2,1-3H3. The van der Waals surface area contributed by atoms with E-state index < -0.39 is 0 Å². The molecule has 0 spiro atoms. The number of nitrogen functional groups attached to an aromatic ring is 1. The van der Waals surface area contributed by atoms with E-state index in [-0.39, 0.29) is 5.91 Å². The first kappa shape index (κ1) is 14.1. The summed E-state index contributed by atoms with van der Waals surface area (Å²) in [5.41, 5.74) is 10.1. The number of hydrogen-bond acceptors (Lipinski definition) is 2. The molecule has 0 aliphatic rings. The minimum atomic E-state index is 0.0132. The van der Waals surface area contributed by atoms with Crippen LogP contribution in [-0.4, -0.2) is 12.5 Å². The molecule has 2 aromatic rings. The van der Waals surface area contributed by atoms with Crippen LogP contribution in [0.2, 0.25) is 0 Å². The average Bonchev–Trinajstić information content (AvgIpc) is 2.41. The quantitative estimate of drug-likeness (QED) is 0.865. The van der Waals surface area contributed by atoms with Crippen molar-refractivity contribution in [1.29, 1.82) is 0 Å². The first-order valence-electron chi connectivity index (χ1n) is 6.78. The number of amides is 1. The van der Waals surface area contributed by atoms with Crippen LogP contribution in [0.3, 0.4) is 0 Å². The van der Waals surface area contributed by atoms with E-state index in [1.54, 1.807) is 17.0 Å². The number of rotatable bonds is 3. The number of para-hydroxylation sites is 1. The molecule has 0 unspecified atom stereocenters. The lowest BCUT2D eigenvalue weighted by molar-refractivity contribution is 0.0987. The molecule has 0 radical (unpaired) electrons. The number of nitrogens with zero attached hydrogens (tertiary/aromatic N) is 1. The summed E-state index contributed by atoms with van der Waals surface area (Å²) in [7, 11) is 0. The number of aryl methyl sites for hydroxylation is 2. The molecule has 2 rings (SSSR count). The topological polar surface area (TPSA) is 46.3 Å². The second-order valence-electron chi connectivity index (χ2n) is 4.91. The summed E-state index contributed by atoms with van der Waals surface area (Å²) in [5, 5.41) is 0. The summed E-state index contributed by atoms with van der Waals surface area (Å²) in [5.74, 6) is 0.0132. The largest absolute Gasteiger partial charge is 0.399 e. The van der Waals surface area contributed by atoms with Gasteiger partial charge in [-0.25, -0.2) is 0 Å². The number of anilines is 2. The van der Waals surface area contributed by atoms with Crippen molar-refractivity contribution in [2.45, 2.75) is 20.8 Å². The van der Waals surface area contributed by atoms with E-state index in [9.17, 15) is 4.79 Å². The van der Waals surface area contributed by atoms with Gasteiger partial charge in [0, 0.05) is 23.5 Å². The molecule has 3 nitrogen and oxygen atoms in total. The highest BCUT2D eigenvalue weighted by Gasteiger charge is 2.19. The zero-order valence-electron chi connectivity index (χ0n) is 12.2. The molecule has 2 aromatic carbocycles. The molecule has 20 heavy (non-hydrogen) atoms. The molecule has 0 aliphatic carbocycles. The van der Waals surface area contributed by atoms with Crippen molar-refractivity contribution in [2.24, 2.45) is 0 Å². The number of benzene rings is 2. The van der Waals surface area contributed by atoms with Gasteiger partial charge < -0.3 is 10.6 Å². The molecule has 0 bridgehead atoms. The molecule has 2 N–H and O–H groups in total. The fourth-order valence-electron chi connectivity index (χ4n) is 2.36. The smallest absolute Gasteiger partial charge is 0.258 e. The molecular formula is C17H20N2O. The van der Waals surface area contributed by atoms with Gasteiger partial charge in [-0.05, 0) is 56.2 Å². The van der Waals surface area contributed by atoms with E-state index >= 15 is 0 Å². The van der Waals surface area contributed by atoms with E-state index in [0.717, 1.165) is 16.8 Å². The third-order valence-corrected chi connectivity index (χ3v) is 3.45. The second-order valence-corrected chi connectivity index (χ2v) is 4.91. The Morgan fingerprint density at radius 3 is 2.40 bits per heavy atom. The fourth-order valence-corrected chi connectivity index (χ4v) is 2.36. The Bertz CT molecular complexity index is 635. The van der Waals surface area contributed by atoms with Crippen LogP contribution in [-0.2, 0) is 0 Å². The Morgan fingerprint density at radius 1 is 1.10 bits per heavy atom. The van der Waals surface area contributed by atoms with Crippen molar-refractivity contribution in [3.05, 3.63) is 59.2 Å². The van der Waals surface area contributed by atoms with Gasteiger partial charge >= 0.3 is 0 Å². The molecule has 0 aliphatic heterocycles. The Balaban J connectivity index is 2.42. The Hall–Kier alpha value is -2.29. The molecule has 1 amide bonds. The van der Waals surface area contributed by atoms with Crippen LogP contribution in [0, 0.1) is 13.8 Å². The summed E-state index contributed by atoms with van der Waals surface area (Å²) in [6, 6.07) is 13.3. The predicted molar refractivity (Wildman–Crippen MR) is 84.1 cm³/mol. The van der Waals surface area contributed by atoms with Crippen LogP contribution in [0.5, 0.6) is 0 Å². The summed E-state index contributed by atoms with van der Waals surface area (Å²) in [6.45, 7) is 6.54. The molecule has 0 fully saturated rings. The maximum absolute atomic E-state index is 12.7. The number of hydrogen-bond donors (Lipinski definition) is 1. The van der Waals surface area contributed by atoms with Crippen LogP contribution >= 0.6 is 0 Å². The summed E-state index contributed by atoms with van der Waals surface area (Å²) in [4.78, 5) is 14.5. The molecule has 0 atom stereocenters. The van der Waals surface area contributed by atoms with Crippen LogP contribution < -0.4 is 10.6 Å². The first-order chi connectivity index (χ1) is 9.54. The minimum absolute atomic E-state index is 0.0132. The van der Waals surface area contributed by atoms with Crippen LogP contribution in [0.25, 0.3) is 0 Å². The number of carbonyl (C=O) groups is 1. The van der Waals surface area contributed by atoms with Gasteiger partial charge in [-0.15, -0.1) is 0 Å². The molecule has 0 heterocycles. The van der Waals surface area contributed by atoms with Gasteiger partial charge in [0.25, 0.3) is 5.91 Å². The lowest BCUT2D eigenvalue weighted by Crippen LogP contribution is -2.31. The second kappa shape index (κ2) is 5.78. The highest BCUT2D eigenvalue weighted by molar-refractivity contribution is 6.07. The number of nitrogens with two attached hydrogens (primary N) is 1. The third kappa shape index (κ3) is 2.67. The zero-order valence-corrected chi connectivity index (χ0v) is 12.2. The monoisotopic (exact) mass is 268 g/mol. The molecule has 0 aromatic heterocycles. The van der Waals surface area contributed by atoms with Crippen molar-refractivity contribution in [2.75, 3.05) is 17.2 Å². The molecular weight excluding hydrogens is 248 g/mol. The highest BCUT2D eigenvalue weighted by Crippen LogP contribution is 2.23. The zero-order chi connectivity index (χ0) is 14.7. The van der Waals surface area contributed by atoms with Gasteiger partial charge in [0.15, 0.2) is 0 Å². The van der Waals surface area contributed by atoms with Gasteiger partial charge in [-0.3, -0.25) is 4.79 Å². The molecule has 104 valence electrons. The van der Waals surface area contributed by atoms with Gasteiger partial charge in [-0.2, -0.15) is 0 Å². The molecule has 0 saturated carbocycles. The van der Waals surface area contributed by atoms with Gasteiger partial charge in [-0.1, -0.05) is 18.2 Å². The van der Waals surface area contributed by atoms with Gasteiger partial charge in [0.05, 0.1) is 0 Å². The highest BCUT2D eigenvalue weighted by atomic mass is 16.2. The SMILES string of the molecule is CCN(C(=O)c1ccc(N)cc1C)c1ccccc1C. The third-order valence-electron chi connectivity index (χ3n) is 3.45. The van der Waals surface area contributed by atoms with Crippen molar-refractivity contribution >= 4 is 17.3 Å². The van der Waals surface area contributed by atoms with Crippen molar-refractivity contribution in [1.82, 2.24) is 0 Å². The first-order valence-corrected chi connectivity index (χ1v) is 6.78. The van der Waals surface area contributed by atoms with Crippen molar-refractivity contribution in [3.63, 3.8) is 0 Å². The van der Waals surface area contributed by atoms with Gasteiger partial charge in [0.2, 0.25) is 0 Å². The predicted octanol–water partition coefficient (Wildman–Crippen LogP) is 3.55. The van der Waals surface area contributed by atoms with Crippen LogP contribution in [0.4, 0.5) is 11.4 Å². The van der Waals surface area contributed by atoms with E-state index in [2.05, 4.69) is 0 Å². The maximum Gasteiger partial charge on any atom is 0.258 e. The maximum atomic E-state index is 12.7. The minimum Gasteiger partial charge on any atom is -0.399 e. The van der Waals surface area contributed by atoms with Gasteiger partial charge in [0.1, 0.15) is 0 Å². The van der Waals surface area contributed by atoms with Crippen molar-refractivity contribution in [3.8, 4) is 0 Å². The van der Waals surface area contributed by atoms with E-state index in [0.29, 0.717) is 17.8 Å². The normalized spacial score (nSPS) is 10.3. The molecule has 3 heteroatoms. The molecule has 0 saturated heterocycles. The lowest BCUT2D eigenvalue weighted by Gasteiger charge is -2.23. The Labute approximate surface area is 120 Å². The summed E-state index contributed by atoms with van der Waals surface area (Å²) in [6.07, 6.45) is 0. The lowest BCUT2D eigenvalue weighted by atomic mass is 10.1. The Morgan fingerprint density at radius 2 is 1.80 bits per heavy atom. The fraction of sp³-hybridized carbons (Fsp3) is 0.235. The van der Waals surface area contributed by atoms with E-state index in [1.165, 1.54) is 0 Å². The average molecular weight is 268 g/mol. The van der Waals surface area contributed by atoms with Crippen LogP contribution in [0.1, 0.15) is 28.4 Å². The van der Waals surface area contributed by atoms with E-state index in [1.807, 2.05) is 51.1 Å².